The molecule has 23 heavy (non-hydrogen) atoms. The van der Waals surface area contributed by atoms with Gasteiger partial charge in [0.05, 0.1) is 7.11 Å². The molecule has 0 saturated carbocycles. The molecule has 1 heterocycles. The summed E-state index contributed by atoms with van der Waals surface area (Å²) >= 11 is 0. The van der Waals surface area contributed by atoms with E-state index in [0.717, 1.165) is 5.39 Å². The Morgan fingerprint density at radius 1 is 1.22 bits per heavy atom. The van der Waals surface area contributed by atoms with Gasteiger partial charge in [0, 0.05) is 16.8 Å². The molecule has 0 aliphatic carbocycles. The van der Waals surface area contributed by atoms with Crippen LogP contribution in [0.15, 0.2) is 46.9 Å². The maximum Gasteiger partial charge on any atom is 0.387 e. The maximum absolute atomic E-state index is 12.6. The number of methoxy groups -OCH3 is 1. The molecule has 0 amide bonds. The molecule has 4 nitrogen and oxygen atoms in total. The number of esters is 1. The maximum atomic E-state index is 12.6. The zero-order valence-corrected chi connectivity index (χ0v) is 12.1. The van der Waals surface area contributed by atoms with Gasteiger partial charge >= 0.3 is 12.6 Å². The van der Waals surface area contributed by atoms with Crippen LogP contribution in [0.25, 0.3) is 28.0 Å². The molecule has 118 valence electrons. The van der Waals surface area contributed by atoms with Crippen LogP contribution in [0.2, 0.25) is 0 Å². The lowest BCUT2D eigenvalue weighted by Crippen LogP contribution is -2.02. The first kappa shape index (κ1) is 15.0. The highest BCUT2D eigenvalue weighted by Gasteiger charge is 2.17. The van der Waals surface area contributed by atoms with Crippen molar-refractivity contribution >= 4 is 34.0 Å². The Morgan fingerprint density at radius 3 is 2.74 bits per heavy atom. The van der Waals surface area contributed by atoms with Gasteiger partial charge < -0.3 is 13.9 Å². The number of ether oxygens (including phenoxy) is 2. The second-order valence-corrected chi connectivity index (χ2v) is 4.69. The first-order chi connectivity index (χ1) is 11.1. The van der Waals surface area contributed by atoms with E-state index in [4.69, 9.17) is 4.42 Å². The highest BCUT2D eigenvalue weighted by atomic mass is 19.3. The van der Waals surface area contributed by atoms with Crippen LogP contribution in [0, 0.1) is 0 Å². The molecule has 2 aromatic carbocycles. The fourth-order valence-electron chi connectivity index (χ4n) is 2.38. The predicted molar refractivity (Wildman–Crippen MR) is 81.4 cm³/mol. The molecule has 0 bridgehead atoms. The third kappa shape index (κ3) is 2.88. The molecule has 3 rings (SSSR count). The van der Waals surface area contributed by atoms with Gasteiger partial charge in [-0.15, -0.1) is 0 Å². The SMILES string of the molecule is COC(=O)C=Cc1ccc(OC(F)F)c2oc3ccccc3c12. The van der Waals surface area contributed by atoms with Gasteiger partial charge in [-0.3, -0.25) is 0 Å². The predicted octanol–water partition coefficient (Wildman–Crippen LogP) is 4.37. The first-order valence-corrected chi connectivity index (χ1v) is 6.75. The first-order valence-electron chi connectivity index (χ1n) is 6.75. The van der Waals surface area contributed by atoms with Gasteiger partial charge in [0.15, 0.2) is 11.3 Å². The Morgan fingerprint density at radius 2 is 2.00 bits per heavy atom. The van der Waals surface area contributed by atoms with Gasteiger partial charge in [-0.05, 0) is 23.8 Å². The number of halogens is 2. The highest BCUT2D eigenvalue weighted by molar-refractivity contribution is 6.11. The smallest absolute Gasteiger partial charge is 0.387 e. The highest BCUT2D eigenvalue weighted by Crippen LogP contribution is 2.38. The summed E-state index contributed by atoms with van der Waals surface area (Å²) in [7, 11) is 1.27. The molecule has 0 atom stereocenters. The van der Waals surface area contributed by atoms with Crippen LogP contribution in [0.1, 0.15) is 5.56 Å². The molecule has 3 aromatic rings. The summed E-state index contributed by atoms with van der Waals surface area (Å²) in [5.41, 5.74) is 1.39. The van der Waals surface area contributed by atoms with Crippen LogP contribution in [-0.2, 0) is 9.53 Å². The molecule has 0 fully saturated rings. The summed E-state index contributed by atoms with van der Waals surface area (Å²) in [6.07, 6.45) is 2.80. The molecule has 0 aliphatic heterocycles. The normalized spacial score (nSPS) is 11.7. The molecular formula is C17H12F2O4. The minimum atomic E-state index is -2.96. The summed E-state index contributed by atoms with van der Waals surface area (Å²) in [4.78, 5) is 11.3. The lowest BCUT2D eigenvalue weighted by molar-refractivity contribution is -0.134. The van der Waals surface area contributed by atoms with E-state index in [0.29, 0.717) is 16.5 Å². The number of carbonyl (C=O) groups excluding carboxylic acids is 1. The number of benzene rings is 2. The standard InChI is InChI=1S/C17H12F2O4/c1-21-14(20)9-7-10-6-8-13(23-17(18)19)16-15(10)11-4-2-3-5-12(11)22-16/h2-9,17H,1H3. The van der Waals surface area contributed by atoms with Crippen molar-refractivity contribution < 1.29 is 27.5 Å². The van der Waals surface area contributed by atoms with Crippen LogP contribution in [0.3, 0.4) is 0 Å². The van der Waals surface area contributed by atoms with Crippen molar-refractivity contribution in [3.05, 3.63) is 48.0 Å². The van der Waals surface area contributed by atoms with Crippen LogP contribution in [0.4, 0.5) is 8.78 Å². The van der Waals surface area contributed by atoms with Crippen LogP contribution in [0.5, 0.6) is 5.75 Å². The fourth-order valence-corrected chi connectivity index (χ4v) is 2.38. The van der Waals surface area contributed by atoms with Crippen molar-refractivity contribution in [1.29, 1.82) is 0 Å². The minimum Gasteiger partial charge on any atom is -0.466 e. The molecule has 0 N–H and O–H groups in total. The molecule has 0 saturated heterocycles. The Labute approximate surface area is 129 Å². The number of hydrogen-bond acceptors (Lipinski definition) is 4. The second kappa shape index (κ2) is 6.08. The molecule has 0 aliphatic rings. The number of alkyl halides is 2. The summed E-state index contributed by atoms with van der Waals surface area (Å²) in [5.74, 6) is -0.569. The van der Waals surface area contributed by atoms with Crippen molar-refractivity contribution in [3.63, 3.8) is 0 Å². The Hall–Kier alpha value is -2.89. The van der Waals surface area contributed by atoms with Crippen molar-refractivity contribution in [2.75, 3.05) is 7.11 Å². The quantitative estimate of drug-likeness (QED) is 0.529. The van der Waals surface area contributed by atoms with E-state index in [-0.39, 0.29) is 11.3 Å². The van der Waals surface area contributed by atoms with E-state index in [2.05, 4.69) is 9.47 Å². The summed E-state index contributed by atoms with van der Waals surface area (Å²) in [6.45, 7) is -2.96. The average Bonchev–Trinajstić information content (AvgIpc) is 2.93. The molecule has 0 unspecified atom stereocenters. The lowest BCUT2D eigenvalue weighted by atomic mass is 10.1. The van der Waals surface area contributed by atoms with Crippen molar-refractivity contribution in [2.45, 2.75) is 6.61 Å². The van der Waals surface area contributed by atoms with Crippen LogP contribution < -0.4 is 4.74 Å². The van der Waals surface area contributed by atoms with Gasteiger partial charge in [-0.2, -0.15) is 8.78 Å². The van der Waals surface area contributed by atoms with Gasteiger partial charge in [-0.25, -0.2) is 4.79 Å². The minimum absolute atomic E-state index is 0.0542. The van der Waals surface area contributed by atoms with E-state index in [1.54, 1.807) is 24.3 Å². The van der Waals surface area contributed by atoms with Crippen molar-refractivity contribution in [2.24, 2.45) is 0 Å². The van der Waals surface area contributed by atoms with E-state index in [1.807, 2.05) is 12.1 Å². The van der Waals surface area contributed by atoms with Gasteiger partial charge in [-0.1, -0.05) is 24.3 Å². The summed E-state index contributed by atoms with van der Waals surface area (Å²) in [5, 5.41) is 1.34. The number of rotatable bonds is 4. The second-order valence-electron chi connectivity index (χ2n) is 4.69. The fraction of sp³-hybridized carbons (Fsp3) is 0.118. The zero-order valence-electron chi connectivity index (χ0n) is 12.1. The molecule has 6 heteroatoms. The summed E-state index contributed by atoms with van der Waals surface area (Å²) in [6, 6.07) is 10.1. The third-order valence-electron chi connectivity index (χ3n) is 3.34. The number of hydrogen-bond donors (Lipinski definition) is 0. The number of carbonyl (C=O) groups is 1. The van der Waals surface area contributed by atoms with Gasteiger partial charge in [0.1, 0.15) is 5.58 Å². The molecule has 0 spiro atoms. The van der Waals surface area contributed by atoms with E-state index in [9.17, 15) is 13.6 Å². The average molecular weight is 318 g/mol. The Balaban J connectivity index is 2.25. The molecular weight excluding hydrogens is 306 g/mol. The van der Waals surface area contributed by atoms with Crippen molar-refractivity contribution in [1.82, 2.24) is 0 Å². The van der Waals surface area contributed by atoms with Gasteiger partial charge in [0.2, 0.25) is 0 Å². The largest absolute Gasteiger partial charge is 0.466 e. The Kier molecular flexibility index (Phi) is 3.97. The van der Waals surface area contributed by atoms with E-state index < -0.39 is 12.6 Å². The van der Waals surface area contributed by atoms with E-state index >= 15 is 0 Å². The number of para-hydroxylation sites is 1. The van der Waals surface area contributed by atoms with Crippen LogP contribution >= 0.6 is 0 Å². The van der Waals surface area contributed by atoms with Crippen LogP contribution in [-0.4, -0.2) is 19.7 Å². The monoisotopic (exact) mass is 318 g/mol. The van der Waals surface area contributed by atoms with Crippen molar-refractivity contribution in [3.8, 4) is 5.75 Å². The third-order valence-corrected chi connectivity index (χ3v) is 3.34. The summed E-state index contributed by atoms with van der Waals surface area (Å²) < 4.78 is 39.9. The topological polar surface area (TPSA) is 48.7 Å². The lowest BCUT2D eigenvalue weighted by Gasteiger charge is -2.06. The van der Waals surface area contributed by atoms with E-state index in [1.165, 1.54) is 19.3 Å². The number of fused-ring (bicyclic) bond motifs is 3. The Bertz CT molecular complexity index is 896. The molecule has 0 radical (unpaired) electrons. The molecule has 1 aromatic heterocycles. The zero-order chi connectivity index (χ0) is 16.4. The number of furan rings is 1. The van der Waals surface area contributed by atoms with Gasteiger partial charge in [0.25, 0.3) is 0 Å².